The summed E-state index contributed by atoms with van der Waals surface area (Å²) in [6, 6.07) is 3.09. The number of aldehydes is 1. The zero-order chi connectivity index (χ0) is 11.4. The number of ether oxygens (including phenoxy) is 1. The van der Waals surface area contributed by atoms with E-state index in [-0.39, 0.29) is 6.42 Å². The lowest BCUT2D eigenvalue weighted by atomic mass is 10.1. The Bertz CT molecular complexity index is 401. The van der Waals surface area contributed by atoms with Gasteiger partial charge in [0.25, 0.3) is 0 Å². The number of benzene rings is 1. The smallest absolute Gasteiger partial charge is 0.307 e. The first kappa shape index (κ1) is 11.7. The molecule has 0 unspecified atom stereocenters. The molecule has 0 spiro atoms. The highest BCUT2D eigenvalue weighted by molar-refractivity contribution is 9.10. The lowest BCUT2D eigenvalue weighted by Crippen LogP contribution is -2.03. The molecule has 5 heteroatoms. The molecule has 0 atom stereocenters. The van der Waals surface area contributed by atoms with E-state index in [2.05, 4.69) is 15.9 Å². The van der Waals surface area contributed by atoms with Gasteiger partial charge >= 0.3 is 5.97 Å². The summed E-state index contributed by atoms with van der Waals surface area (Å²) >= 11 is 3.21. The third-order valence-corrected chi connectivity index (χ3v) is 2.41. The molecule has 1 rings (SSSR count). The molecule has 1 aromatic rings. The average Bonchev–Trinajstić information content (AvgIpc) is 2.16. The van der Waals surface area contributed by atoms with Gasteiger partial charge in [-0.1, -0.05) is 0 Å². The van der Waals surface area contributed by atoms with Crippen LogP contribution in [-0.2, 0) is 11.2 Å². The minimum atomic E-state index is -0.969. The number of methoxy groups -OCH3 is 1. The summed E-state index contributed by atoms with van der Waals surface area (Å²) in [6.45, 7) is 0. The maximum absolute atomic E-state index is 10.6. The van der Waals surface area contributed by atoms with Crippen molar-refractivity contribution in [2.24, 2.45) is 0 Å². The topological polar surface area (TPSA) is 63.6 Å². The van der Waals surface area contributed by atoms with Crippen LogP contribution in [0.25, 0.3) is 0 Å². The second-order valence-corrected chi connectivity index (χ2v) is 3.74. The number of aliphatic carboxylic acids is 1. The highest BCUT2D eigenvalue weighted by Gasteiger charge is 2.12. The highest BCUT2D eigenvalue weighted by Crippen LogP contribution is 2.30. The predicted octanol–water partition coefficient (Wildman–Crippen LogP) is 1.90. The largest absolute Gasteiger partial charge is 0.495 e. The molecular formula is C10H9BrO4. The Kier molecular flexibility index (Phi) is 3.85. The van der Waals surface area contributed by atoms with Crippen molar-refractivity contribution in [2.75, 3.05) is 7.11 Å². The lowest BCUT2D eigenvalue weighted by Gasteiger charge is -2.09. The van der Waals surface area contributed by atoms with Gasteiger partial charge in [-0.25, -0.2) is 0 Å². The van der Waals surface area contributed by atoms with Crippen LogP contribution in [0, 0.1) is 0 Å². The van der Waals surface area contributed by atoms with Crippen LogP contribution in [0.2, 0.25) is 0 Å². The monoisotopic (exact) mass is 272 g/mol. The normalized spacial score (nSPS) is 9.73. The Hall–Kier alpha value is -1.36. The second kappa shape index (κ2) is 4.93. The van der Waals surface area contributed by atoms with Crippen molar-refractivity contribution in [3.63, 3.8) is 0 Å². The van der Waals surface area contributed by atoms with Crippen molar-refractivity contribution in [3.8, 4) is 5.75 Å². The summed E-state index contributed by atoms with van der Waals surface area (Å²) in [7, 11) is 1.45. The van der Waals surface area contributed by atoms with Crippen LogP contribution in [0.5, 0.6) is 5.75 Å². The van der Waals surface area contributed by atoms with E-state index in [0.29, 0.717) is 27.6 Å². The van der Waals surface area contributed by atoms with Crippen molar-refractivity contribution >= 4 is 28.2 Å². The first-order chi connectivity index (χ1) is 7.08. The Morgan fingerprint density at radius 2 is 2.27 bits per heavy atom. The molecule has 0 heterocycles. The first-order valence-corrected chi connectivity index (χ1v) is 4.91. The summed E-state index contributed by atoms with van der Waals surface area (Å²) < 4.78 is 5.63. The summed E-state index contributed by atoms with van der Waals surface area (Å²) in [5.74, 6) is -0.522. The quantitative estimate of drug-likeness (QED) is 0.851. The fraction of sp³-hybridized carbons (Fsp3) is 0.200. The van der Waals surface area contributed by atoms with E-state index < -0.39 is 5.97 Å². The molecule has 0 amide bonds. The van der Waals surface area contributed by atoms with Gasteiger partial charge in [0.1, 0.15) is 12.0 Å². The molecule has 1 aromatic carbocycles. The van der Waals surface area contributed by atoms with E-state index in [1.54, 1.807) is 6.07 Å². The number of carbonyl (C=O) groups excluding carboxylic acids is 1. The molecule has 0 saturated heterocycles. The Morgan fingerprint density at radius 1 is 1.60 bits per heavy atom. The van der Waals surface area contributed by atoms with Crippen molar-refractivity contribution in [3.05, 3.63) is 27.7 Å². The SMILES string of the molecule is COc1c(Br)cc(C=O)cc1CC(=O)O. The molecule has 0 bridgehead atoms. The van der Waals surface area contributed by atoms with Crippen LogP contribution in [0.3, 0.4) is 0 Å². The summed E-state index contributed by atoms with van der Waals surface area (Å²) in [6.07, 6.45) is 0.485. The zero-order valence-corrected chi connectivity index (χ0v) is 9.58. The second-order valence-electron chi connectivity index (χ2n) is 2.88. The highest BCUT2D eigenvalue weighted by atomic mass is 79.9. The Labute approximate surface area is 95.0 Å². The van der Waals surface area contributed by atoms with Gasteiger partial charge in [-0.3, -0.25) is 9.59 Å². The molecule has 80 valence electrons. The van der Waals surface area contributed by atoms with Crippen LogP contribution in [-0.4, -0.2) is 24.5 Å². The van der Waals surface area contributed by atoms with E-state index in [1.807, 2.05) is 0 Å². The van der Waals surface area contributed by atoms with Crippen molar-refractivity contribution in [1.29, 1.82) is 0 Å². The molecule has 0 saturated carbocycles. The number of rotatable bonds is 4. The fourth-order valence-electron chi connectivity index (χ4n) is 1.26. The standard InChI is InChI=1S/C10H9BrO4/c1-15-10-7(4-9(13)14)2-6(5-12)3-8(10)11/h2-3,5H,4H2,1H3,(H,13,14). The number of hydrogen-bond donors (Lipinski definition) is 1. The minimum absolute atomic E-state index is 0.177. The van der Waals surface area contributed by atoms with Crippen molar-refractivity contribution in [1.82, 2.24) is 0 Å². The molecule has 0 aromatic heterocycles. The molecule has 4 nitrogen and oxygen atoms in total. The molecule has 0 aliphatic heterocycles. The number of carboxylic acids is 1. The van der Waals surface area contributed by atoms with Crippen LogP contribution in [0.15, 0.2) is 16.6 Å². The van der Waals surface area contributed by atoms with E-state index in [0.717, 1.165) is 0 Å². The zero-order valence-electron chi connectivity index (χ0n) is 7.99. The van der Waals surface area contributed by atoms with Gasteiger partial charge < -0.3 is 9.84 Å². The van der Waals surface area contributed by atoms with Crippen LogP contribution < -0.4 is 4.74 Å². The Morgan fingerprint density at radius 3 is 2.73 bits per heavy atom. The minimum Gasteiger partial charge on any atom is -0.495 e. The summed E-state index contributed by atoms with van der Waals surface area (Å²) in [5.41, 5.74) is 0.889. The van der Waals surface area contributed by atoms with Gasteiger partial charge in [-0.2, -0.15) is 0 Å². The van der Waals surface area contributed by atoms with Gasteiger partial charge in [-0.15, -0.1) is 0 Å². The average molecular weight is 273 g/mol. The molecule has 1 N–H and O–H groups in total. The van der Waals surface area contributed by atoms with Crippen molar-refractivity contribution in [2.45, 2.75) is 6.42 Å². The maximum Gasteiger partial charge on any atom is 0.307 e. The summed E-state index contributed by atoms with van der Waals surface area (Å²) in [4.78, 5) is 21.2. The molecule has 0 radical (unpaired) electrons. The van der Waals surface area contributed by atoms with Crippen LogP contribution in [0.4, 0.5) is 0 Å². The van der Waals surface area contributed by atoms with Gasteiger partial charge in [0.2, 0.25) is 0 Å². The van der Waals surface area contributed by atoms with E-state index in [9.17, 15) is 9.59 Å². The molecule has 15 heavy (non-hydrogen) atoms. The van der Waals surface area contributed by atoms with E-state index >= 15 is 0 Å². The van der Waals surface area contributed by atoms with Gasteiger partial charge in [-0.05, 0) is 28.1 Å². The third kappa shape index (κ3) is 2.79. The van der Waals surface area contributed by atoms with Crippen LogP contribution in [0.1, 0.15) is 15.9 Å². The van der Waals surface area contributed by atoms with Gasteiger partial charge in [0.15, 0.2) is 0 Å². The van der Waals surface area contributed by atoms with Crippen LogP contribution >= 0.6 is 15.9 Å². The lowest BCUT2D eigenvalue weighted by molar-refractivity contribution is -0.136. The van der Waals surface area contributed by atoms with Gasteiger partial charge in [0, 0.05) is 11.1 Å². The van der Waals surface area contributed by atoms with Gasteiger partial charge in [0.05, 0.1) is 18.0 Å². The number of carboxylic acid groups (broad SMARTS) is 1. The predicted molar refractivity (Wildman–Crippen MR) is 57.4 cm³/mol. The number of carbonyl (C=O) groups is 2. The molecule has 0 aliphatic carbocycles. The van der Waals surface area contributed by atoms with Crippen molar-refractivity contribution < 1.29 is 19.4 Å². The Balaban J connectivity index is 3.25. The molecular weight excluding hydrogens is 264 g/mol. The first-order valence-electron chi connectivity index (χ1n) is 4.12. The molecule has 0 aliphatic rings. The fourth-order valence-corrected chi connectivity index (χ4v) is 1.95. The number of hydrogen-bond acceptors (Lipinski definition) is 3. The third-order valence-electron chi connectivity index (χ3n) is 1.82. The number of halogens is 1. The van der Waals surface area contributed by atoms with E-state index in [1.165, 1.54) is 13.2 Å². The van der Waals surface area contributed by atoms with E-state index in [4.69, 9.17) is 9.84 Å². The maximum atomic E-state index is 10.6. The summed E-state index contributed by atoms with van der Waals surface area (Å²) in [5, 5.41) is 8.68. The molecule has 0 fully saturated rings.